The Labute approximate surface area is 226 Å². The molecule has 0 bridgehead atoms. The SMILES string of the molecule is CCc1cccc(-c2c(Cl)cccc2[C@](O)(CCCCOC)[C@H]2CN(C(=O)[C@@H]3CC[C@H](N)C3)CCO2)c1. The molecular weight excluding hydrogens is 488 g/mol. The number of amides is 1. The molecule has 6 nitrogen and oxygen atoms in total. The van der Waals surface area contributed by atoms with Crippen molar-refractivity contribution in [1.82, 2.24) is 4.90 Å². The van der Waals surface area contributed by atoms with Crippen molar-refractivity contribution in [2.24, 2.45) is 11.7 Å². The Balaban J connectivity index is 1.70. The zero-order valence-corrected chi connectivity index (χ0v) is 22.9. The number of nitrogens with two attached hydrogens (primary N) is 1. The molecule has 2 aromatic rings. The molecule has 1 aliphatic heterocycles. The Morgan fingerprint density at radius 3 is 2.78 bits per heavy atom. The molecule has 202 valence electrons. The van der Waals surface area contributed by atoms with E-state index in [9.17, 15) is 9.90 Å². The van der Waals surface area contributed by atoms with Gasteiger partial charge in [-0.3, -0.25) is 4.79 Å². The Kier molecular flexibility index (Phi) is 9.65. The highest BCUT2D eigenvalue weighted by Crippen LogP contribution is 2.43. The average molecular weight is 529 g/mol. The van der Waals surface area contributed by atoms with Gasteiger partial charge in [0.25, 0.3) is 0 Å². The lowest BCUT2D eigenvalue weighted by Gasteiger charge is -2.44. The molecule has 1 aliphatic carbocycles. The van der Waals surface area contributed by atoms with E-state index >= 15 is 0 Å². The summed E-state index contributed by atoms with van der Waals surface area (Å²) in [6, 6.07) is 14.1. The number of rotatable bonds is 10. The number of nitrogens with zero attached hydrogens (tertiary/aromatic N) is 1. The molecule has 37 heavy (non-hydrogen) atoms. The lowest BCUT2D eigenvalue weighted by molar-refractivity contribution is -0.167. The van der Waals surface area contributed by atoms with E-state index in [0.29, 0.717) is 37.7 Å². The van der Waals surface area contributed by atoms with E-state index in [1.165, 1.54) is 5.56 Å². The highest BCUT2D eigenvalue weighted by Gasteiger charge is 2.45. The summed E-state index contributed by atoms with van der Waals surface area (Å²) < 4.78 is 11.5. The van der Waals surface area contributed by atoms with Crippen molar-refractivity contribution in [3.8, 4) is 11.1 Å². The summed E-state index contributed by atoms with van der Waals surface area (Å²) in [5.74, 6) is 0.0898. The second-order valence-corrected chi connectivity index (χ2v) is 10.9. The number of halogens is 1. The van der Waals surface area contributed by atoms with E-state index in [0.717, 1.165) is 55.2 Å². The number of methoxy groups -OCH3 is 1. The topological polar surface area (TPSA) is 85.0 Å². The van der Waals surface area contributed by atoms with Crippen LogP contribution in [0.4, 0.5) is 0 Å². The van der Waals surface area contributed by atoms with Gasteiger partial charge in [0.15, 0.2) is 0 Å². The summed E-state index contributed by atoms with van der Waals surface area (Å²) in [6.07, 6.45) is 4.81. The Morgan fingerprint density at radius 2 is 2.05 bits per heavy atom. The van der Waals surface area contributed by atoms with E-state index < -0.39 is 11.7 Å². The van der Waals surface area contributed by atoms with Crippen LogP contribution < -0.4 is 5.73 Å². The molecule has 1 amide bonds. The molecule has 0 unspecified atom stereocenters. The zero-order valence-electron chi connectivity index (χ0n) is 22.1. The van der Waals surface area contributed by atoms with Crippen LogP contribution in [0.2, 0.25) is 5.02 Å². The first-order chi connectivity index (χ1) is 17.9. The van der Waals surface area contributed by atoms with E-state index in [1.54, 1.807) is 7.11 Å². The van der Waals surface area contributed by atoms with Gasteiger partial charge < -0.3 is 25.2 Å². The van der Waals surface area contributed by atoms with Gasteiger partial charge in [0.05, 0.1) is 13.2 Å². The highest BCUT2D eigenvalue weighted by atomic mass is 35.5. The summed E-state index contributed by atoms with van der Waals surface area (Å²) in [4.78, 5) is 15.2. The van der Waals surface area contributed by atoms with E-state index in [-0.39, 0.29) is 17.9 Å². The van der Waals surface area contributed by atoms with Crippen molar-refractivity contribution in [3.63, 3.8) is 0 Å². The monoisotopic (exact) mass is 528 g/mol. The molecule has 4 rings (SSSR count). The molecule has 0 aromatic heterocycles. The second kappa shape index (κ2) is 12.7. The molecule has 0 radical (unpaired) electrons. The van der Waals surface area contributed by atoms with Crippen molar-refractivity contribution >= 4 is 17.5 Å². The number of morpholine rings is 1. The fourth-order valence-corrected chi connectivity index (χ4v) is 6.16. The van der Waals surface area contributed by atoms with Gasteiger partial charge in [-0.25, -0.2) is 0 Å². The quantitative estimate of drug-likeness (QED) is 0.427. The van der Waals surface area contributed by atoms with Crippen LogP contribution in [0.25, 0.3) is 11.1 Å². The van der Waals surface area contributed by atoms with Crippen molar-refractivity contribution in [2.45, 2.75) is 69.6 Å². The number of benzene rings is 2. The largest absolute Gasteiger partial charge is 0.385 e. The third-order valence-electron chi connectivity index (χ3n) is 7.99. The summed E-state index contributed by atoms with van der Waals surface area (Å²) in [6.45, 7) is 4.00. The molecule has 2 fully saturated rings. The van der Waals surface area contributed by atoms with Crippen LogP contribution in [0.15, 0.2) is 42.5 Å². The van der Waals surface area contributed by atoms with Gasteiger partial charge in [0.1, 0.15) is 11.7 Å². The maximum absolute atomic E-state index is 13.4. The molecule has 3 N–H and O–H groups in total. The van der Waals surface area contributed by atoms with Crippen molar-refractivity contribution in [3.05, 3.63) is 58.6 Å². The zero-order chi connectivity index (χ0) is 26.4. The summed E-state index contributed by atoms with van der Waals surface area (Å²) >= 11 is 6.82. The van der Waals surface area contributed by atoms with Crippen LogP contribution in [0.3, 0.4) is 0 Å². The van der Waals surface area contributed by atoms with E-state index in [4.69, 9.17) is 26.8 Å². The van der Waals surface area contributed by atoms with Gasteiger partial charge in [-0.1, -0.05) is 54.9 Å². The molecule has 1 heterocycles. The molecular formula is C30H41ClN2O4. The predicted molar refractivity (Wildman–Crippen MR) is 148 cm³/mol. The smallest absolute Gasteiger partial charge is 0.225 e. The fourth-order valence-electron chi connectivity index (χ4n) is 5.87. The molecule has 7 heteroatoms. The van der Waals surface area contributed by atoms with Crippen LogP contribution in [0.1, 0.15) is 56.6 Å². The number of ether oxygens (including phenoxy) is 2. The molecule has 1 saturated heterocycles. The lowest BCUT2D eigenvalue weighted by Crippen LogP contribution is -2.55. The van der Waals surface area contributed by atoms with Gasteiger partial charge in [-0.2, -0.15) is 0 Å². The van der Waals surface area contributed by atoms with Crippen LogP contribution >= 0.6 is 11.6 Å². The van der Waals surface area contributed by atoms with Crippen molar-refractivity contribution < 1.29 is 19.4 Å². The van der Waals surface area contributed by atoms with Gasteiger partial charge in [-0.05, 0) is 67.7 Å². The minimum Gasteiger partial charge on any atom is -0.385 e. The number of aliphatic hydroxyl groups is 1. The minimum absolute atomic E-state index is 0.0398. The maximum atomic E-state index is 13.4. The maximum Gasteiger partial charge on any atom is 0.225 e. The summed E-state index contributed by atoms with van der Waals surface area (Å²) in [7, 11) is 1.69. The molecule has 0 spiro atoms. The number of carbonyl (C=O) groups excluding carboxylic acids is 1. The minimum atomic E-state index is -1.33. The number of carbonyl (C=O) groups is 1. The number of unbranched alkanes of at least 4 members (excludes halogenated alkanes) is 1. The normalized spacial score (nSPS) is 23.7. The number of aryl methyl sites for hydroxylation is 1. The van der Waals surface area contributed by atoms with Crippen LogP contribution in [-0.4, -0.2) is 61.5 Å². The van der Waals surface area contributed by atoms with Crippen LogP contribution in [0.5, 0.6) is 0 Å². The molecule has 2 aromatic carbocycles. The van der Waals surface area contributed by atoms with Crippen LogP contribution in [0, 0.1) is 5.92 Å². The van der Waals surface area contributed by atoms with E-state index in [1.807, 2.05) is 35.2 Å². The first kappa shape index (κ1) is 28.1. The Morgan fingerprint density at radius 1 is 1.24 bits per heavy atom. The third-order valence-corrected chi connectivity index (χ3v) is 8.31. The van der Waals surface area contributed by atoms with Gasteiger partial charge in [-0.15, -0.1) is 0 Å². The summed E-state index contributed by atoms with van der Waals surface area (Å²) in [5.41, 5.74) is 8.50. The van der Waals surface area contributed by atoms with Crippen LogP contribution in [-0.2, 0) is 26.3 Å². The predicted octanol–water partition coefficient (Wildman–Crippen LogP) is 4.93. The number of hydrogen-bond donors (Lipinski definition) is 2. The molecule has 2 aliphatic rings. The van der Waals surface area contributed by atoms with Gasteiger partial charge in [0.2, 0.25) is 5.91 Å². The van der Waals surface area contributed by atoms with Crippen molar-refractivity contribution in [2.75, 3.05) is 33.4 Å². The first-order valence-corrected chi connectivity index (χ1v) is 14.0. The average Bonchev–Trinajstić information content (AvgIpc) is 3.36. The Bertz CT molecular complexity index is 1060. The highest BCUT2D eigenvalue weighted by molar-refractivity contribution is 6.33. The lowest BCUT2D eigenvalue weighted by atomic mass is 9.78. The standard InChI is InChI=1S/C30H41ClN2O4/c1-3-21-8-6-9-22(18-21)28-25(10-7-11-26(28)31)30(35,14-4-5-16-36-2)27-20-33(15-17-37-27)29(34)23-12-13-24(32)19-23/h6-11,18,23-24,27,35H,3-5,12-17,19-20,32H2,1-2H3/t23-,24+,27-,30-/m1/s1. The summed E-state index contributed by atoms with van der Waals surface area (Å²) in [5, 5.41) is 13.1. The fraction of sp³-hybridized carbons (Fsp3) is 0.567. The molecule has 1 saturated carbocycles. The molecule has 4 atom stereocenters. The van der Waals surface area contributed by atoms with Crippen molar-refractivity contribution in [1.29, 1.82) is 0 Å². The van der Waals surface area contributed by atoms with Gasteiger partial charge in [0, 0.05) is 42.8 Å². The van der Waals surface area contributed by atoms with Gasteiger partial charge >= 0.3 is 0 Å². The van der Waals surface area contributed by atoms with E-state index in [2.05, 4.69) is 19.1 Å². The number of hydrogen-bond acceptors (Lipinski definition) is 5. The second-order valence-electron chi connectivity index (χ2n) is 10.5. The Hall–Kier alpha value is -1.96. The first-order valence-electron chi connectivity index (χ1n) is 13.6. The third kappa shape index (κ3) is 6.37.